The molecule has 8 nitrogen and oxygen atoms in total. The average Bonchev–Trinajstić information content (AvgIpc) is 3.65. The molecule has 0 fully saturated rings. The summed E-state index contributed by atoms with van der Waals surface area (Å²) in [5.74, 6) is -0.642. The van der Waals surface area contributed by atoms with Gasteiger partial charge in [-0.2, -0.15) is 0 Å². The first-order valence-corrected chi connectivity index (χ1v) is 20.4. The molecular formula is C41H75N3O5. The predicted molar refractivity (Wildman–Crippen MR) is 204 cm³/mol. The van der Waals surface area contributed by atoms with Crippen LogP contribution in [0.5, 0.6) is 0 Å². The van der Waals surface area contributed by atoms with E-state index in [1.165, 1.54) is 116 Å². The molecule has 1 aliphatic rings. The molecule has 1 aliphatic carbocycles. The zero-order valence-corrected chi connectivity index (χ0v) is 31.8. The fourth-order valence-electron chi connectivity index (χ4n) is 6.00. The van der Waals surface area contributed by atoms with E-state index < -0.39 is 6.04 Å². The Labute approximate surface area is 300 Å². The van der Waals surface area contributed by atoms with Crippen molar-refractivity contribution in [2.45, 2.75) is 180 Å². The third-order valence-corrected chi connectivity index (χ3v) is 9.18. The predicted octanol–water partition coefficient (Wildman–Crippen LogP) is 9.03. The summed E-state index contributed by atoms with van der Waals surface area (Å²) in [6, 6.07) is -0.767. The Morgan fingerprint density at radius 1 is 0.612 bits per heavy atom. The molecule has 0 aromatic carbocycles. The number of allylic oxidation sites excluding steroid dienone is 3. The minimum Gasteiger partial charge on any atom is -0.381 e. The minimum absolute atomic E-state index is 0.121. The molecule has 1 rings (SSSR count). The maximum atomic E-state index is 13.0. The molecule has 1 unspecified atom stereocenters. The summed E-state index contributed by atoms with van der Waals surface area (Å²) in [7, 11) is 0. The molecule has 0 saturated heterocycles. The Morgan fingerprint density at radius 3 is 1.53 bits per heavy atom. The highest BCUT2D eigenvalue weighted by atomic mass is 16.5. The van der Waals surface area contributed by atoms with Gasteiger partial charge in [0.05, 0.1) is 0 Å². The lowest BCUT2D eigenvalue weighted by atomic mass is 10.1. The molecule has 284 valence electrons. The van der Waals surface area contributed by atoms with Crippen LogP contribution in [0.2, 0.25) is 0 Å². The number of amides is 3. The van der Waals surface area contributed by atoms with Gasteiger partial charge in [-0.25, -0.2) is 0 Å². The third-order valence-electron chi connectivity index (χ3n) is 9.18. The summed E-state index contributed by atoms with van der Waals surface area (Å²) < 4.78 is 11.5. The second-order valence-electron chi connectivity index (χ2n) is 13.8. The highest BCUT2D eigenvalue weighted by Gasteiger charge is 2.23. The quantitative estimate of drug-likeness (QED) is 0.0570. The van der Waals surface area contributed by atoms with Crippen LogP contribution in [0, 0.1) is 0 Å². The number of ether oxygens (including phenoxy) is 2. The van der Waals surface area contributed by atoms with Crippen LogP contribution in [0.25, 0.3) is 0 Å². The summed E-state index contributed by atoms with van der Waals surface area (Å²) in [5.41, 5.74) is 0.625. The van der Waals surface area contributed by atoms with Crippen molar-refractivity contribution in [1.29, 1.82) is 0 Å². The first-order chi connectivity index (χ1) is 24.1. The van der Waals surface area contributed by atoms with E-state index in [9.17, 15) is 14.4 Å². The van der Waals surface area contributed by atoms with E-state index in [0.29, 0.717) is 44.7 Å². The molecule has 0 saturated carbocycles. The first kappa shape index (κ1) is 44.8. The standard InChI is InChI=1S/C41H75N3O5/c1-3-5-7-9-11-13-15-17-19-23-33-48-35-25-31-42-39(45)30-29-38(44-40(46)37-27-21-22-28-37)41(47)43-32-26-36-49-34-24-20-18-16-14-12-10-8-6-4-2/h21-22,27,38H,3-20,23-26,28-36H2,1-2H3,(H,42,45)(H,43,47)(H,44,46). The number of unbranched alkanes of at least 4 members (excludes halogenated alkanes) is 18. The van der Waals surface area contributed by atoms with E-state index in [2.05, 4.69) is 29.8 Å². The molecule has 0 aliphatic heterocycles. The maximum Gasteiger partial charge on any atom is 0.248 e. The Morgan fingerprint density at radius 2 is 1.06 bits per heavy atom. The monoisotopic (exact) mass is 690 g/mol. The SMILES string of the molecule is CCCCCCCCCCCCOCCCNC(=O)CCC(NC(=O)C1=CC=CC1)C(=O)NCCCOCCCCCCCCCCCC. The van der Waals surface area contributed by atoms with Gasteiger partial charge in [0.1, 0.15) is 6.04 Å². The highest BCUT2D eigenvalue weighted by molar-refractivity contribution is 5.98. The van der Waals surface area contributed by atoms with Crippen LogP contribution in [0.4, 0.5) is 0 Å². The number of carbonyl (C=O) groups is 3. The average molecular weight is 690 g/mol. The topological polar surface area (TPSA) is 106 Å². The van der Waals surface area contributed by atoms with Gasteiger partial charge < -0.3 is 25.4 Å². The Balaban J connectivity index is 2.13. The van der Waals surface area contributed by atoms with E-state index in [1.54, 1.807) is 6.08 Å². The van der Waals surface area contributed by atoms with Gasteiger partial charge in [0, 0.05) is 51.5 Å². The zero-order chi connectivity index (χ0) is 35.5. The van der Waals surface area contributed by atoms with E-state index in [-0.39, 0.29) is 30.6 Å². The van der Waals surface area contributed by atoms with Crippen LogP contribution in [0.1, 0.15) is 174 Å². The number of hydrogen-bond donors (Lipinski definition) is 3. The van der Waals surface area contributed by atoms with E-state index >= 15 is 0 Å². The van der Waals surface area contributed by atoms with Crippen LogP contribution in [-0.2, 0) is 23.9 Å². The molecule has 1 atom stereocenters. The van der Waals surface area contributed by atoms with Gasteiger partial charge in [0.2, 0.25) is 17.7 Å². The van der Waals surface area contributed by atoms with Crippen molar-refractivity contribution < 1.29 is 23.9 Å². The number of carbonyl (C=O) groups excluding carboxylic acids is 3. The minimum atomic E-state index is -0.767. The van der Waals surface area contributed by atoms with E-state index in [0.717, 1.165) is 32.5 Å². The van der Waals surface area contributed by atoms with Crippen LogP contribution in [0.15, 0.2) is 23.8 Å². The van der Waals surface area contributed by atoms with Gasteiger partial charge in [-0.1, -0.05) is 148 Å². The molecule has 0 spiro atoms. The van der Waals surface area contributed by atoms with Crippen molar-refractivity contribution in [3.8, 4) is 0 Å². The van der Waals surface area contributed by atoms with E-state index in [4.69, 9.17) is 9.47 Å². The Hall–Kier alpha value is -2.19. The third kappa shape index (κ3) is 28.2. The van der Waals surface area contributed by atoms with Crippen LogP contribution >= 0.6 is 0 Å². The van der Waals surface area contributed by atoms with Crippen molar-refractivity contribution >= 4 is 17.7 Å². The molecule has 0 heterocycles. The van der Waals surface area contributed by atoms with Crippen molar-refractivity contribution in [3.05, 3.63) is 23.8 Å². The maximum absolute atomic E-state index is 13.0. The first-order valence-electron chi connectivity index (χ1n) is 20.4. The van der Waals surface area contributed by atoms with Crippen molar-refractivity contribution in [3.63, 3.8) is 0 Å². The van der Waals surface area contributed by atoms with Crippen LogP contribution in [-0.4, -0.2) is 63.3 Å². The largest absolute Gasteiger partial charge is 0.381 e. The lowest BCUT2D eigenvalue weighted by Gasteiger charge is -2.19. The van der Waals surface area contributed by atoms with Gasteiger partial charge >= 0.3 is 0 Å². The molecule has 0 radical (unpaired) electrons. The fraction of sp³-hybridized carbons (Fsp3) is 0.829. The second-order valence-corrected chi connectivity index (χ2v) is 13.8. The summed E-state index contributed by atoms with van der Waals surface area (Å²) in [6.07, 6.45) is 34.1. The normalized spacial score (nSPS) is 13.0. The van der Waals surface area contributed by atoms with Gasteiger partial charge in [0.25, 0.3) is 0 Å². The number of rotatable bonds is 36. The summed E-state index contributed by atoms with van der Waals surface area (Å²) >= 11 is 0. The van der Waals surface area contributed by atoms with Gasteiger partial charge in [-0.15, -0.1) is 0 Å². The van der Waals surface area contributed by atoms with Crippen molar-refractivity contribution in [2.24, 2.45) is 0 Å². The molecule has 0 aromatic rings. The molecule has 49 heavy (non-hydrogen) atoms. The number of nitrogens with one attached hydrogen (secondary N) is 3. The van der Waals surface area contributed by atoms with Crippen molar-refractivity contribution in [1.82, 2.24) is 16.0 Å². The lowest BCUT2D eigenvalue weighted by molar-refractivity contribution is -0.128. The van der Waals surface area contributed by atoms with Gasteiger partial charge in [-0.3, -0.25) is 14.4 Å². The van der Waals surface area contributed by atoms with Crippen LogP contribution < -0.4 is 16.0 Å². The molecule has 8 heteroatoms. The molecular weight excluding hydrogens is 614 g/mol. The molecule has 0 aromatic heterocycles. The zero-order valence-electron chi connectivity index (χ0n) is 31.8. The van der Waals surface area contributed by atoms with Gasteiger partial charge in [0.15, 0.2) is 0 Å². The van der Waals surface area contributed by atoms with Crippen molar-refractivity contribution in [2.75, 3.05) is 39.5 Å². The summed E-state index contributed by atoms with van der Waals surface area (Å²) in [4.78, 5) is 38.2. The van der Waals surface area contributed by atoms with E-state index in [1.807, 2.05) is 12.2 Å². The number of hydrogen-bond acceptors (Lipinski definition) is 5. The summed E-state index contributed by atoms with van der Waals surface area (Å²) in [6.45, 7) is 8.28. The lowest BCUT2D eigenvalue weighted by Crippen LogP contribution is -2.48. The molecule has 3 amide bonds. The van der Waals surface area contributed by atoms with Gasteiger partial charge in [-0.05, 0) is 38.5 Å². The Kier molecular flexibility index (Phi) is 31.4. The molecule has 3 N–H and O–H groups in total. The smallest absolute Gasteiger partial charge is 0.248 e. The fourth-order valence-corrected chi connectivity index (χ4v) is 6.00. The molecule has 0 bridgehead atoms. The van der Waals surface area contributed by atoms with Crippen LogP contribution in [0.3, 0.4) is 0 Å². The second kappa shape index (κ2) is 34.3. The highest BCUT2D eigenvalue weighted by Crippen LogP contribution is 2.13. The summed E-state index contributed by atoms with van der Waals surface area (Å²) in [5, 5.41) is 8.70. The Bertz CT molecular complexity index is 875.